The monoisotopic (exact) mass is 437 g/mol. The minimum Gasteiger partial charge on any atom is -0.364 e. The first-order chi connectivity index (χ1) is 16.1. The zero-order valence-electron chi connectivity index (χ0n) is 20.0. The van der Waals surface area contributed by atoms with Crippen LogP contribution in [-0.2, 0) is 24.9 Å². The molecule has 1 N–H and O–H groups in total. The number of anilines is 2. The molecule has 1 aromatic heterocycles. The third-order valence-electron chi connectivity index (χ3n) is 7.38. The van der Waals surface area contributed by atoms with Gasteiger partial charge in [-0.1, -0.05) is 69.0 Å². The first-order valence-electron chi connectivity index (χ1n) is 12.5. The first-order valence-corrected chi connectivity index (χ1v) is 12.5. The summed E-state index contributed by atoms with van der Waals surface area (Å²) in [6.45, 7) is 10.6. The molecule has 0 atom stereocenters. The normalized spacial score (nSPS) is 16.2. The van der Waals surface area contributed by atoms with Crippen LogP contribution in [0.5, 0.6) is 0 Å². The third-order valence-corrected chi connectivity index (χ3v) is 7.38. The van der Waals surface area contributed by atoms with E-state index in [9.17, 15) is 0 Å². The van der Waals surface area contributed by atoms with Gasteiger partial charge >= 0.3 is 0 Å². The van der Waals surface area contributed by atoms with E-state index in [1.165, 1.54) is 45.5 Å². The third kappa shape index (κ3) is 4.42. The fourth-order valence-electron chi connectivity index (χ4n) is 5.04. The van der Waals surface area contributed by atoms with Crippen LogP contribution in [0.1, 0.15) is 67.3 Å². The van der Waals surface area contributed by atoms with Gasteiger partial charge in [-0.15, -0.1) is 0 Å². The van der Waals surface area contributed by atoms with E-state index >= 15 is 0 Å². The number of allylic oxidation sites excluding steroid dienone is 1. The number of rotatable bonds is 8. The number of hydrogen-bond acceptors (Lipinski definition) is 3. The minimum absolute atomic E-state index is 0.0000920. The molecule has 0 radical (unpaired) electrons. The van der Waals surface area contributed by atoms with Gasteiger partial charge < -0.3 is 10.2 Å². The maximum absolute atomic E-state index is 4.85. The number of nitrogens with zero attached hydrogens (tertiary/aromatic N) is 2. The van der Waals surface area contributed by atoms with Crippen LogP contribution >= 0.6 is 0 Å². The second-order valence-corrected chi connectivity index (χ2v) is 9.60. The van der Waals surface area contributed by atoms with E-state index in [0.717, 1.165) is 51.0 Å². The van der Waals surface area contributed by atoms with Gasteiger partial charge in [-0.05, 0) is 78.0 Å². The highest BCUT2D eigenvalue weighted by atomic mass is 15.2. The number of nitrogens with one attached hydrogen (secondary N) is 1. The first kappa shape index (κ1) is 21.8. The SMILES string of the molecule is C=C(CC)c1ccc(C2(Nc3nccc4c3N(Cc3ccc(CC)cc3)CCC4)CC2)cc1. The average molecular weight is 438 g/mol. The van der Waals surface area contributed by atoms with E-state index in [2.05, 4.69) is 85.2 Å². The lowest BCUT2D eigenvalue weighted by atomic mass is 9.98. The molecule has 1 fully saturated rings. The zero-order chi connectivity index (χ0) is 22.8. The second kappa shape index (κ2) is 9.05. The predicted octanol–water partition coefficient (Wildman–Crippen LogP) is 7.12. The van der Waals surface area contributed by atoms with Crippen molar-refractivity contribution in [3.05, 3.63) is 95.2 Å². The van der Waals surface area contributed by atoms with E-state index in [4.69, 9.17) is 4.98 Å². The molecule has 2 aromatic carbocycles. The van der Waals surface area contributed by atoms with Crippen molar-refractivity contribution in [1.82, 2.24) is 4.98 Å². The van der Waals surface area contributed by atoms with Gasteiger partial charge in [0.25, 0.3) is 0 Å². The molecular formula is C30H35N3. The van der Waals surface area contributed by atoms with Crippen LogP contribution in [0.2, 0.25) is 0 Å². The summed E-state index contributed by atoms with van der Waals surface area (Å²) in [5.74, 6) is 1.04. The van der Waals surface area contributed by atoms with Gasteiger partial charge in [-0.3, -0.25) is 0 Å². The van der Waals surface area contributed by atoms with Crippen molar-refractivity contribution in [2.45, 2.75) is 64.5 Å². The topological polar surface area (TPSA) is 28.2 Å². The number of aromatic nitrogens is 1. The van der Waals surface area contributed by atoms with Crippen LogP contribution in [0.25, 0.3) is 5.57 Å². The standard InChI is InChI=1S/C30H35N3/c1-4-22(3)25-12-14-27(15-13-25)30(17-18-30)32-29-28-26(16-19-31-29)7-6-20-33(28)21-24-10-8-23(5-2)9-11-24/h8-16,19H,3-7,17-18,20-21H2,1-2H3,(H,31,32). The summed E-state index contributed by atoms with van der Waals surface area (Å²) in [4.78, 5) is 7.38. The lowest BCUT2D eigenvalue weighted by molar-refractivity contribution is 0.685. The van der Waals surface area contributed by atoms with Gasteiger partial charge in [0.15, 0.2) is 5.82 Å². The molecule has 0 unspecified atom stereocenters. The van der Waals surface area contributed by atoms with Crippen molar-refractivity contribution >= 4 is 17.1 Å². The molecule has 0 spiro atoms. The summed E-state index contributed by atoms with van der Waals surface area (Å²) in [7, 11) is 0. The van der Waals surface area contributed by atoms with Crippen molar-refractivity contribution in [3.63, 3.8) is 0 Å². The van der Waals surface area contributed by atoms with E-state index in [1.807, 2.05) is 6.20 Å². The Balaban J connectivity index is 1.41. The van der Waals surface area contributed by atoms with Crippen LogP contribution in [0, 0.1) is 0 Å². The number of aryl methyl sites for hydroxylation is 2. The molecule has 2 aliphatic rings. The lowest BCUT2D eigenvalue weighted by Gasteiger charge is -2.34. The van der Waals surface area contributed by atoms with Crippen molar-refractivity contribution in [2.75, 3.05) is 16.8 Å². The molecule has 33 heavy (non-hydrogen) atoms. The summed E-state index contributed by atoms with van der Waals surface area (Å²) in [5.41, 5.74) is 9.26. The Morgan fingerprint density at radius 2 is 1.73 bits per heavy atom. The fourth-order valence-corrected chi connectivity index (χ4v) is 5.04. The maximum atomic E-state index is 4.85. The van der Waals surface area contributed by atoms with E-state index in [-0.39, 0.29) is 5.54 Å². The molecule has 3 heteroatoms. The zero-order valence-corrected chi connectivity index (χ0v) is 20.0. The summed E-state index contributed by atoms with van der Waals surface area (Å²) in [6, 6.07) is 20.3. The molecule has 1 aliphatic heterocycles. The van der Waals surface area contributed by atoms with E-state index in [1.54, 1.807) is 0 Å². The lowest BCUT2D eigenvalue weighted by Crippen LogP contribution is -2.31. The van der Waals surface area contributed by atoms with Crippen molar-refractivity contribution < 1.29 is 0 Å². The summed E-state index contributed by atoms with van der Waals surface area (Å²) < 4.78 is 0. The Labute approximate surface area is 198 Å². The highest BCUT2D eigenvalue weighted by Gasteiger charge is 2.45. The molecule has 0 saturated heterocycles. The highest BCUT2D eigenvalue weighted by molar-refractivity contribution is 5.73. The average Bonchev–Trinajstić information content (AvgIpc) is 3.65. The fraction of sp³-hybridized carbons (Fsp3) is 0.367. The van der Waals surface area contributed by atoms with Gasteiger partial charge in [0.05, 0.1) is 11.2 Å². The van der Waals surface area contributed by atoms with Crippen LogP contribution in [0.4, 0.5) is 11.5 Å². The predicted molar refractivity (Wildman–Crippen MR) is 140 cm³/mol. The Kier molecular flexibility index (Phi) is 5.97. The molecule has 5 rings (SSSR count). The van der Waals surface area contributed by atoms with Crippen LogP contribution < -0.4 is 10.2 Å². The van der Waals surface area contributed by atoms with Crippen molar-refractivity contribution in [1.29, 1.82) is 0 Å². The van der Waals surface area contributed by atoms with Crippen LogP contribution in [0.3, 0.4) is 0 Å². The number of hydrogen-bond donors (Lipinski definition) is 1. The van der Waals surface area contributed by atoms with Crippen LogP contribution in [0.15, 0.2) is 67.4 Å². The molecule has 0 amide bonds. The molecule has 0 bridgehead atoms. The molecule has 1 saturated carbocycles. The molecule has 2 heterocycles. The molecule has 170 valence electrons. The molecule has 3 aromatic rings. The van der Waals surface area contributed by atoms with Gasteiger partial charge in [0.1, 0.15) is 0 Å². The summed E-state index contributed by atoms with van der Waals surface area (Å²) >= 11 is 0. The molecule has 1 aliphatic carbocycles. The number of benzene rings is 2. The Morgan fingerprint density at radius 3 is 2.39 bits per heavy atom. The van der Waals surface area contributed by atoms with Gasteiger partial charge in [-0.25, -0.2) is 4.98 Å². The Morgan fingerprint density at radius 1 is 1.00 bits per heavy atom. The van der Waals surface area contributed by atoms with Gasteiger partial charge in [0.2, 0.25) is 0 Å². The second-order valence-electron chi connectivity index (χ2n) is 9.60. The Bertz CT molecular complexity index is 1120. The molecule has 3 nitrogen and oxygen atoms in total. The minimum atomic E-state index is 0.0000920. The van der Waals surface area contributed by atoms with Crippen LogP contribution in [-0.4, -0.2) is 11.5 Å². The molecular weight excluding hydrogens is 402 g/mol. The quantitative estimate of drug-likeness (QED) is 0.406. The Hall–Kier alpha value is -3.07. The van der Waals surface area contributed by atoms with Crippen molar-refractivity contribution in [2.24, 2.45) is 0 Å². The number of pyridine rings is 1. The summed E-state index contributed by atoms with van der Waals surface area (Å²) in [5, 5.41) is 3.90. The largest absolute Gasteiger partial charge is 0.364 e. The van der Waals surface area contributed by atoms with Gasteiger partial charge in [0, 0.05) is 19.3 Å². The van der Waals surface area contributed by atoms with E-state index < -0.39 is 0 Å². The smallest absolute Gasteiger partial charge is 0.150 e. The summed E-state index contributed by atoms with van der Waals surface area (Å²) in [6.07, 6.45) is 8.65. The number of fused-ring (bicyclic) bond motifs is 1. The maximum Gasteiger partial charge on any atom is 0.150 e. The van der Waals surface area contributed by atoms with E-state index in [0.29, 0.717) is 0 Å². The van der Waals surface area contributed by atoms with Crippen molar-refractivity contribution in [3.8, 4) is 0 Å². The van der Waals surface area contributed by atoms with Gasteiger partial charge in [-0.2, -0.15) is 0 Å². The highest BCUT2D eigenvalue weighted by Crippen LogP contribution is 2.50.